The van der Waals surface area contributed by atoms with Gasteiger partial charge in [-0.15, -0.1) is 0 Å². The molecule has 1 fully saturated rings. The fourth-order valence-corrected chi connectivity index (χ4v) is 3.68. The lowest BCUT2D eigenvalue weighted by atomic mass is 10.0. The Balaban J connectivity index is 1.60. The summed E-state index contributed by atoms with van der Waals surface area (Å²) in [5.74, 6) is -0.785. The normalized spacial score (nSPS) is 18.1. The standard InChI is InChI=1S/C23H26N4O5/c1-3-16-20(22(29)31-4-2)18(25-23(30)24-16)13-32-21(28)19-12-17(14-10-11-14)26-27(19)15-8-6-5-7-9-15/h5-9,12,14,16H,3-4,10-11,13H2,1-2H3,(H2,24,25,30). The summed E-state index contributed by atoms with van der Waals surface area (Å²) in [5, 5.41) is 9.89. The first kappa shape index (κ1) is 21.6. The summed E-state index contributed by atoms with van der Waals surface area (Å²) in [6.45, 7) is 3.47. The number of carbonyl (C=O) groups is 3. The molecular formula is C23H26N4O5. The smallest absolute Gasteiger partial charge is 0.357 e. The topological polar surface area (TPSA) is 112 Å². The SMILES string of the molecule is CCOC(=O)C1=C(COC(=O)c2cc(C3CC3)nn2-c2ccccc2)NC(=O)NC1CC. The molecule has 0 radical (unpaired) electrons. The minimum atomic E-state index is -0.593. The molecule has 1 aromatic carbocycles. The number of nitrogens with one attached hydrogen (secondary N) is 2. The van der Waals surface area contributed by atoms with Crippen LogP contribution in [0.25, 0.3) is 5.69 Å². The van der Waals surface area contributed by atoms with Crippen LogP contribution in [0.15, 0.2) is 47.7 Å². The van der Waals surface area contributed by atoms with Crippen molar-refractivity contribution >= 4 is 18.0 Å². The monoisotopic (exact) mass is 438 g/mol. The molecule has 1 saturated carbocycles. The maximum absolute atomic E-state index is 13.0. The number of carbonyl (C=O) groups excluding carboxylic acids is 3. The van der Waals surface area contributed by atoms with E-state index < -0.39 is 24.0 Å². The molecule has 2 aliphatic rings. The average molecular weight is 438 g/mol. The molecular weight excluding hydrogens is 412 g/mol. The van der Waals surface area contributed by atoms with E-state index in [4.69, 9.17) is 9.47 Å². The number of benzene rings is 1. The number of aromatic nitrogens is 2. The third-order valence-electron chi connectivity index (χ3n) is 5.43. The second kappa shape index (κ2) is 9.25. The third-order valence-corrected chi connectivity index (χ3v) is 5.43. The van der Waals surface area contributed by atoms with Crippen molar-refractivity contribution in [2.24, 2.45) is 0 Å². The highest BCUT2D eigenvalue weighted by molar-refractivity contribution is 5.95. The van der Waals surface area contributed by atoms with Gasteiger partial charge in [0, 0.05) is 5.92 Å². The van der Waals surface area contributed by atoms with Gasteiger partial charge < -0.3 is 20.1 Å². The van der Waals surface area contributed by atoms with Gasteiger partial charge in [0.25, 0.3) is 0 Å². The molecule has 0 spiro atoms. The van der Waals surface area contributed by atoms with Gasteiger partial charge in [-0.3, -0.25) is 0 Å². The van der Waals surface area contributed by atoms with Gasteiger partial charge in [0.1, 0.15) is 6.61 Å². The van der Waals surface area contributed by atoms with Crippen LogP contribution in [0.3, 0.4) is 0 Å². The van der Waals surface area contributed by atoms with Crippen LogP contribution < -0.4 is 10.6 Å². The zero-order chi connectivity index (χ0) is 22.7. The van der Waals surface area contributed by atoms with E-state index in [0.717, 1.165) is 24.2 Å². The van der Waals surface area contributed by atoms with Crippen LogP contribution in [0.4, 0.5) is 4.79 Å². The van der Waals surface area contributed by atoms with E-state index in [0.29, 0.717) is 18.0 Å². The van der Waals surface area contributed by atoms with Crippen molar-refractivity contribution < 1.29 is 23.9 Å². The number of rotatable bonds is 8. The molecule has 2 amide bonds. The van der Waals surface area contributed by atoms with Crippen LogP contribution in [0.1, 0.15) is 55.2 Å². The van der Waals surface area contributed by atoms with Crippen molar-refractivity contribution in [3.8, 4) is 5.69 Å². The Morgan fingerprint density at radius 1 is 1.12 bits per heavy atom. The largest absolute Gasteiger partial charge is 0.463 e. The first-order chi connectivity index (χ1) is 15.5. The molecule has 0 saturated heterocycles. The van der Waals surface area contributed by atoms with Crippen molar-refractivity contribution in [3.05, 3.63) is 59.1 Å². The highest BCUT2D eigenvalue weighted by Crippen LogP contribution is 2.39. The summed E-state index contributed by atoms with van der Waals surface area (Å²) < 4.78 is 12.3. The van der Waals surface area contributed by atoms with Crippen molar-refractivity contribution in [3.63, 3.8) is 0 Å². The summed E-state index contributed by atoms with van der Waals surface area (Å²) in [6.07, 6.45) is 2.59. The molecule has 2 heterocycles. The molecule has 1 aliphatic heterocycles. The Hall–Kier alpha value is -3.62. The number of ether oxygens (including phenoxy) is 2. The van der Waals surface area contributed by atoms with Crippen LogP contribution >= 0.6 is 0 Å². The van der Waals surface area contributed by atoms with E-state index in [1.54, 1.807) is 17.7 Å². The number of urea groups is 1. The number of nitrogens with zero attached hydrogens (tertiary/aromatic N) is 2. The second-order valence-corrected chi connectivity index (χ2v) is 7.72. The highest BCUT2D eigenvalue weighted by atomic mass is 16.5. The van der Waals surface area contributed by atoms with Crippen LogP contribution in [-0.2, 0) is 14.3 Å². The minimum absolute atomic E-state index is 0.194. The fourth-order valence-electron chi connectivity index (χ4n) is 3.68. The molecule has 168 valence electrons. The van der Waals surface area contributed by atoms with Gasteiger partial charge in [0.2, 0.25) is 0 Å². The number of esters is 2. The van der Waals surface area contributed by atoms with E-state index in [-0.39, 0.29) is 24.5 Å². The van der Waals surface area contributed by atoms with E-state index in [1.165, 1.54) is 0 Å². The van der Waals surface area contributed by atoms with Gasteiger partial charge >= 0.3 is 18.0 Å². The molecule has 1 unspecified atom stereocenters. The molecule has 32 heavy (non-hydrogen) atoms. The number of hydrogen-bond acceptors (Lipinski definition) is 6. The van der Waals surface area contributed by atoms with Gasteiger partial charge in [-0.2, -0.15) is 5.10 Å². The van der Waals surface area contributed by atoms with Gasteiger partial charge in [-0.25, -0.2) is 19.1 Å². The number of para-hydroxylation sites is 1. The van der Waals surface area contributed by atoms with Crippen molar-refractivity contribution in [2.75, 3.05) is 13.2 Å². The van der Waals surface area contributed by atoms with Crippen LogP contribution in [-0.4, -0.2) is 47.0 Å². The quantitative estimate of drug-likeness (QED) is 0.613. The lowest BCUT2D eigenvalue weighted by Gasteiger charge is -2.28. The van der Waals surface area contributed by atoms with Crippen LogP contribution in [0.5, 0.6) is 0 Å². The number of amides is 2. The first-order valence-electron chi connectivity index (χ1n) is 10.8. The maximum Gasteiger partial charge on any atom is 0.357 e. The van der Waals surface area contributed by atoms with E-state index in [9.17, 15) is 14.4 Å². The summed E-state index contributed by atoms with van der Waals surface area (Å²) >= 11 is 0. The van der Waals surface area contributed by atoms with Crippen molar-refractivity contribution in [2.45, 2.75) is 45.1 Å². The molecule has 2 N–H and O–H groups in total. The average Bonchev–Trinajstić information content (AvgIpc) is 3.55. The third kappa shape index (κ3) is 4.51. The first-order valence-corrected chi connectivity index (χ1v) is 10.8. The Bertz CT molecular complexity index is 1060. The molecule has 9 nitrogen and oxygen atoms in total. The van der Waals surface area contributed by atoms with E-state index >= 15 is 0 Å². The fraction of sp³-hybridized carbons (Fsp3) is 0.391. The molecule has 4 rings (SSSR count). The summed E-state index contributed by atoms with van der Waals surface area (Å²) in [7, 11) is 0. The molecule has 2 aromatic rings. The molecule has 1 aromatic heterocycles. The van der Waals surface area contributed by atoms with Crippen LogP contribution in [0.2, 0.25) is 0 Å². The molecule has 0 bridgehead atoms. The maximum atomic E-state index is 13.0. The minimum Gasteiger partial charge on any atom is -0.463 e. The molecule has 1 atom stereocenters. The van der Waals surface area contributed by atoms with E-state index in [2.05, 4.69) is 15.7 Å². The van der Waals surface area contributed by atoms with Gasteiger partial charge in [0.05, 0.1) is 35.3 Å². The summed E-state index contributed by atoms with van der Waals surface area (Å²) in [6, 6.07) is 10.1. The predicted molar refractivity (Wildman–Crippen MR) is 115 cm³/mol. The highest BCUT2D eigenvalue weighted by Gasteiger charge is 2.33. The van der Waals surface area contributed by atoms with E-state index in [1.807, 2.05) is 37.3 Å². The van der Waals surface area contributed by atoms with Crippen molar-refractivity contribution in [1.29, 1.82) is 0 Å². The lowest BCUT2D eigenvalue weighted by molar-refractivity contribution is -0.139. The number of hydrogen-bond donors (Lipinski definition) is 2. The Morgan fingerprint density at radius 3 is 2.53 bits per heavy atom. The predicted octanol–water partition coefficient (Wildman–Crippen LogP) is 2.82. The lowest BCUT2D eigenvalue weighted by Crippen LogP contribution is -2.51. The Labute approximate surface area is 185 Å². The van der Waals surface area contributed by atoms with Crippen molar-refractivity contribution in [1.82, 2.24) is 20.4 Å². The zero-order valence-corrected chi connectivity index (χ0v) is 18.1. The summed E-state index contributed by atoms with van der Waals surface area (Å²) in [4.78, 5) is 37.6. The van der Waals surface area contributed by atoms with Crippen LogP contribution in [0, 0.1) is 0 Å². The van der Waals surface area contributed by atoms with Gasteiger partial charge in [-0.05, 0) is 44.4 Å². The Morgan fingerprint density at radius 2 is 1.88 bits per heavy atom. The zero-order valence-electron chi connectivity index (χ0n) is 18.1. The molecule has 9 heteroatoms. The van der Waals surface area contributed by atoms with Gasteiger partial charge in [0.15, 0.2) is 5.69 Å². The van der Waals surface area contributed by atoms with Gasteiger partial charge in [-0.1, -0.05) is 25.1 Å². The second-order valence-electron chi connectivity index (χ2n) is 7.72. The molecule has 1 aliphatic carbocycles. The summed E-state index contributed by atoms with van der Waals surface area (Å²) in [5.41, 5.74) is 2.38. The Kier molecular flexibility index (Phi) is 6.25.